The van der Waals surface area contributed by atoms with Crippen molar-refractivity contribution >= 4 is 8.32 Å². The van der Waals surface area contributed by atoms with Gasteiger partial charge in [0, 0.05) is 13.2 Å². The summed E-state index contributed by atoms with van der Waals surface area (Å²) >= 11 is 0. The second-order valence-electron chi connectivity index (χ2n) is 7.43. The van der Waals surface area contributed by atoms with Crippen molar-refractivity contribution in [2.75, 3.05) is 27.2 Å². The van der Waals surface area contributed by atoms with Crippen molar-refractivity contribution in [2.45, 2.75) is 96.7 Å². The van der Waals surface area contributed by atoms with Crippen LogP contribution in [0.3, 0.4) is 0 Å². The van der Waals surface area contributed by atoms with Gasteiger partial charge in [0.1, 0.15) is 0 Å². The molecular formula is C19H43NOSi. The van der Waals surface area contributed by atoms with Crippen LogP contribution < -0.4 is 0 Å². The second kappa shape index (κ2) is 14.7. The van der Waals surface area contributed by atoms with Crippen LogP contribution in [0.25, 0.3) is 0 Å². The standard InChI is InChI=1S/C19H43NOSi/c1-6-8-10-12-14-18-22(5,21-17-16-20(3)4)19-15-13-11-9-7-2/h6-19H2,1-5H3. The summed E-state index contributed by atoms with van der Waals surface area (Å²) in [6.45, 7) is 9.06. The SMILES string of the molecule is CCCCCCC[Si](C)(CCCCCCC)OCCN(C)C. The van der Waals surface area contributed by atoms with Crippen molar-refractivity contribution in [3.05, 3.63) is 0 Å². The molecule has 0 saturated carbocycles. The van der Waals surface area contributed by atoms with E-state index in [1.165, 1.54) is 76.3 Å². The topological polar surface area (TPSA) is 12.5 Å². The Morgan fingerprint density at radius 3 is 1.59 bits per heavy atom. The number of unbranched alkanes of at least 4 members (excludes halogenated alkanes) is 8. The molecule has 0 N–H and O–H groups in total. The predicted octanol–water partition coefficient (Wildman–Crippen LogP) is 6.08. The third kappa shape index (κ3) is 13.8. The van der Waals surface area contributed by atoms with E-state index in [9.17, 15) is 0 Å². The molecule has 0 unspecified atom stereocenters. The van der Waals surface area contributed by atoms with Crippen LogP contribution >= 0.6 is 0 Å². The molecule has 0 saturated heterocycles. The number of hydrogen-bond donors (Lipinski definition) is 0. The first kappa shape index (κ1) is 22.1. The Hall–Kier alpha value is 0.137. The van der Waals surface area contributed by atoms with Gasteiger partial charge in [0.25, 0.3) is 0 Å². The van der Waals surface area contributed by atoms with Gasteiger partial charge in [-0.05, 0) is 32.7 Å². The van der Waals surface area contributed by atoms with Crippen LogP contribution in [0.2, 0.25) is 18.6 Å². The van der Waals surface area contributed by atoms with Crippen LogP contribution in [-0.2, 0) is 4.43 Å². The monoisotopic (exact) mass is 329 g/mol. The minimum atomic E-state index is -1.46. The van der Waals surface area contributed by atoms with E-state index < -0.39 is 8.32 Å². The van der Waals surface area contributed by atoms with Gasteiger partial charge >= 0.3 is 0 Å². The summed E-state index contributed by atoms with van der Waals surface area (Å²) in [6.07, 6.45) is 13.9. The zero-order valence-corrected chi connectivity index (χ0v) is 17.3. The van der Waals surface area contributed by atoms with E-state index in [2.05, 4.69) is 39.4 Å². The zero-order chi connectivity index (χ0) is 16.7. The molecule has 0 heterocycles. The van der Waals surface area contributed by atoms with Crippen molar-refractivity contribution in [2.24, 2.45) is 0 Å². The molecule has 0 amide bonds. The van der Waals surface area contributed by atoms with Gasteiger partial charge in [-0.3, -0.25) is 0 Å². The Balaban J connectivity index is 4.04. The molecule has 134 valence electrons. The molecule has 0 aromatic rings. The van der Waals surface area contributed by atoms with Gasteiger partial charge in [0.05, 0.1) is 0 Å². The lowest BCUT2D eigenvalue weighted by molar-refractivity contribution is 0.249. The zero-order valence-electron chi connectivity index (χ0n) is 16.3. The van der Waals surface area contributed by atoms with E-state index in [-0.39, 0.29) is 0 Å². The first-order chi connectivity index (χ1) is 10.5. The molecule has 0 aliphatic rings. The summed E-state index contributed by atoms with van der Waals surface area (Å²) in [5.41, 5.74) is 0. The van der Waals surface area contributed by atoms with Crippen molar-refractivity contribution < 1.29 is 4.43 Å². The van der Waals surface area contributed by atoms with Gasteiger partial charge in [-0.1, -0.05) is 78.1 Å². The molecular weight excluding hydrogens is 286 g/mol. The van der Waals surface area contributed by atoms with Crippen LogP contribution in [0.1, 0.15) is 78.1 Å². The molecule has 0 aromatic carbocycles. The van der Waals surface area contributed by atoms with Crippen LogP contribution in [0.4, 0.5) is 0 Å². The minimum absolute atomic E-state index is 0.930. The van der Waals surface area contributed by atoms with E-state index in [1.807, 2.05) is 0 Å². The molecule has 0 atom stereocenters. The van der Waals surface area contributed by atoms with Gasteiger partial charge in [0.2, 0.25) is 0 Å². The maximum absolute atomic E-state index is 6.45. The molecule has 2 nitrogen and oxygen atoms in total. The van der Waals surface area contributed by atoms with Gasteiger partial charge < -0.3 is 9.33 Å². The second-order valence-corrected chi connectivity index (χ2v) is 11.6. The summed E-state index contributed by atoms with van der Waals surface area (Å²) in [6, 6.07) is 2.75. The minimum Gasteiger partial charge on any atom is -0.416 e. The maximum atomic E-state index is 6.45. The van der Waals surface area contributed by atoms with Gasteiger partial charge in [-0.15, -0.1) is 0 Å². The highest BCUT2D eigenvalue weighted by Crippen LogP contribution is 2.24. The fourth-order valence-corrected chi connectivity index (χ4v) is 6.07. The highest BCUT2D eigenvalue weighted by atomic mass is 28.4. The highest BCUT2D eigenvalue weighted by molar-refractivity contribution is 6.72. The normalized spacial score (nSPS) is 12.3. The summed E-state index contributed by atoms with van der Waals surface area (Å²) in [5.74, 6) is 0. The highest BCUT2D eigenvalue weighted by Gasteiger charge is 2.27. The van der Waals surface area contributed by atoms with Gasteiger partial charge in [0.15, 0.2) is 8.32 Å². The van der Waals surface area contributed by atoms with Crippen molar-refractivity contribution in [3.63, 3.8) is 0 Å². The molecule has 0 fully saturated rings. The predicted molar refractivity (Wildman–Crippen MR) is 103 cm³/mol. The number of hydrogen-bond acceptors (Lipinski definition) is 2. The molecule has 0 bridgehead atoms. The average molecular weight is 330 g/mol. The van der Waals surface area contributed by atoms with Crippen molar-refractivity contribution in [1.82, 2.24) is 4.90 Å². The third-order valence-electron chi connectivity index (χ3n) is 4.61. The Bertz CT molecular complexity index is 219. The van der Waals surface area contributed by atoms with Gasteiger partial charge in [-0.25, -0.2) is 0 Å². The van der Waals surface area contributed by atoms with E-state index in [0.29, 0.717) is 0 Å². The molecule has 0 aromatic heterocycles. The Morgan fingerprint density at radius 1 is 0.727 bits per heavy atom. The molecule has 0 rings (SSSR count). The number of rotatable bonds is 16. The Labute approximate surface area is 142 Å². The fraction of sp³-hybridized carbons (Fsp3) is 1.00. The first-order valence-corrected chi connectivity index (χ1v) is 12.6. The van der Waals surface area contributed by atoms with Crippen LogP contribution in [-0.4, -0.2) is 40.5 Å². The van der Waals surface area contributed by atoms with Crippen molar-refractivity contribution in [3.8, 4) is 0 Å². The largest absolute Gasteiger partial charge is 0.416 e. The fourth-order valence-electron chi connectivity index (χ4n) is 2.95. The summed E-state index contributed by atoms with van der Waals surface area (Å²) in [5, 5.41) is 0. The molecule has 22 heavy (non-hydrogen) atoms. The molecule has 0 aliphatic heterocycles. The van der Waals surface area contributed by atoms with E-state index in [1.54, 1.807) is 0 Å². The van der Waals surface area contributed by atoms with Crippen molar-refractivity contribution in [1.29, 1.82) is 0 Å². The van der Waals surface area contributed by atoms with Crippen LogP contribution in [0, 0.1) is 0 Å². The smallest absolute Gasteiger partial charge is 0.189 e. The average Bonchev–Trinajstić information content (AvgIpc) is 2.46. The summed E-state index contributed by atoms with van der Waals surface area (Å²) < 4.78 is 6.45. The summed E-state index contributed by atoms with van der Waals surface area (Å²) in [4.78, 5) is 2.23. The van der Waals surface area contributed by atoms with Crippen LogP contribution in [0.15, 0.2) is 0 Å². The van der Waals surface area contributed by atoms with Crippen LogP contribution in [0.5, 0.6) is 0 Å². The lowest BCUT2D eigenvalue weighted by Crippen LogP contribution is -2.36. The number of nitrogens with zero attached hydrogens (tertiary/aromatic N) is 1. The van der Waals surface area contributed by atoms with Gasteiger partial charge in [-0.2, -0.15) is 0 Å². The lowest BCUT2D eigenvalue weighted by atomic mass is 10.2. The lowest BCUT2D eigenvalue weighted by Gasteiger charge is -2.28. The molecule has 0 radical (unpaired) electrons. The van der Waals surface area contributed by atoms with E-state index >= 15 is 0 Å². The summed E-state index contributed by atoms with van der Waals surface area (Å²) in [7, 11) is 2.81. The Kier molecular flexibility index (Phi) is 14.8. The molecule has 0 spiro atoms. The molecule has 3 heteroatoms. The van der Waals surface area contributed by atoms with E-state index in [0.717, 1.165) is 13.2 Å². The first-order valence-electron chi connectivity index (χ1n) is 9.82. The maximum Gasteiger partial charge on any atom is 0.189 e. The third-order valence-corrected chi connectivity index (χ3v) is 8.33. The van der Waals surface area contributed by atoms with E-state index in [4.69, 9.17) is 4.43 Å². The Morgan fingerprint density at radius 2 is 1.18 bits per heavy atom. The molecule has 0 aliphatic carbocycles. The number of likely N-dealkylation sites (N-methyl/N-ethyl adjacent to an activating group) is 1. The quantitative estimate of drug-likeness (QED) is 0.251.